The van der Waals surface area contributed by atoms with Crippen LogP contribution in [0, 0.1) is 0 Å². The third-order valence-electron chi connectivity index (χ3n) is 1.80. The van der Waals surface area contributed by atoms with Crippen LogP contribution in [0.2, 0.25) is 0 Å². The molecule has 0 saturated heterocycles. The smallest absolute Gasteiger partial charge is 0.407 e. The Morgan fingerprint density at radius 3 is 2.62 bits per heavy atom. The minimum Gasteiger partial charge on any atom is -0.444 e. The van der Waals surface area contributed by atoms with Crippen LogP contribution >= 0.6 is 11.8 Å². The number of rotatable bonds is 5. The van der Waals surface area contributed by atoms with Crippen molar-refractivity contribution >= 4 is 17.9 Å². The Balaban J connectivity index is 3.62. The number of hydrogen-bond donors (Lipinski definition) is 1. The van der Waals surface area contributed by atoms with E-state index in [1.54, 1.807) is 11.8 Å². The lowest BCUT2D eigenvalue weighted by molar-refractivity contribution is 0.0367. The minimum absolute atomic E-state index is 0.319. The Labute approximate surface area is 84.6 Å². The van der Waals surface area contributed by atoms with Crippen molar-refractivity contribution in [2.45, 2.75) is 32.8 Å². The molecule has 0 aliphatic carbocycles. The van der Waals surface area contributed by atoms with E-state index in [4.69, 9.17) is 4.74 Å². The van der Waals surface area contributed by atoms with Crippen molar-refractivity contribution in [3.63, 3.8) is 0 Å². The summed E-state index contributed by atoms with van der Waals surface area (Å²) in [7, 11) is 0. The first kappa shape index (κ1) is 12.6. The highest BCUT2D eigenvalue weighted by atomic mass is 32.2. The van der Waals surface area contributed by atoms with Gasteiger partial charge in [0.25, 0.3) is 0 Å². The molecule has 0 aromatic heterocycles. The first-order chi connectivity index (χ1) is 6.02. The fourth-order valence-corrected chi connectivity index (χ4v) is 0.921. The second kappa shape index (κ2) is 6.13. The van der Waals surface area contributed by atoms with E-state index in [1.165, 1.54) is 0 Å². The number of alkyl carbamates (subject to hydrolysis) is 1. The summed E-state index contributed by atoms with van der Waals surface area (Å²) in [5, 5.41) is 2.69. The molecular weight excluding hydrogens is 186 g/mol. The molecule has 0 spiro atoms. The fourth-order valence-electron chi connectivity index (χ4n) is 0.614. The van der Waals surface area contributed by atoms with E-state index < -0.39 is 0 Å². The summed E-state index contributed by atoms with van der Waals surface area (Å²) in [6, 6.07) is 0. The van der Waals surface area contributed by atoms with Crippen molar-refractivity contribution < 1.29 is 9.53 Å². The van der Waals surface area contributed by atoms with Crippen LogP contribution in [0.3, 0.4) is 0 Å². The molecule has 0 radical (unpaired) electrons. The monoisotopic (exact) mass is 205 g/mol. The maximum atomic E-state index is 11.1. The summed E-state index contributed by atoms with van der Waals surface area (Å²) in [4.78, 5) is 11.1. The molecule has 0 rings (SSSR count). The molecule has 4 heteroatoms. The Bertz CT molecular complexity index is 160. The second-order valence-corrected chi connectivity index (χ2v) is 4.41. The predicted octanol–water partition coefficient (Wildman–Crippen LogP) is 2.26. The van der Waals surface area contributed by atoms with Gasteiger partial charge in [-0.25, -0.2) is 4.79 Å². The normalized spacial score (nSPS) is 11.1. The number of hydrogen-bond acceptors (Lipinski definition) is 3. The Morgan fingerprint density at radius 2 is 2.15 bits per heavy atom. The lowest BCUT2D eigenvalue weighted by Gasteiger charge is -2.23. The quantitative estimate of drug-likeness (QED) is 0.700. The molecule has 78 valence electrons. The van der Waals surface area contributed by atoms with Gasteiger partial charge in [-0.3, -0.25) is 0 Å². The number of ether oxygens (including phenoxy) is 1. The highest BCUT2D eigenvalue weighted by Gasteiger charge is 2.19. The van der Waals surface area contributed by atoms with Gasteiger partial charge in [-0.2, -0.15) is 11.8 Å². The Morgan fingerprint density at radius 1 is 1.54 bits per heavy atom. The van der Waals surface area contributed by atoms with Gasteiger partial charge in [0.15, 0.2) is 0 Å². The van der Waals surface area contributed by atoms with Gasteiger partial charge >= 0.3 is 6.09 Å². The molecule has 0 saturated carbocycles. The van der Waals surface area contributed by atoms with Crippen LogP contribution in [-0.2, 0) is 4.74 Å². The van der Waals surface area contributed by atoms with Crippen molar-refractivity contribution in [1.82, 2.24) is 5.32 Å². The van der Waals surface area contributed by atoms with Crippen LogP contribution in [0.1, 0.15) is 27.2 Å². The second-order valence-electron chi connectivity index (χ2n) is 3.42. The van der Waals surface area contributed by atoms with Crippen molar-refractivity contribution in [2.75, 3.05) is 18.6 Å². The van der Waals surface area contributed by atoms with Gasteiger partial charge < -0.3 is 10.1 Å². The molecule has 0 atom stereocenters. The zero-order valence-corrected chi connectivity index (χ0v) is 9.66. The largest absolute Gasteiger partial charge is 0.444 e. The average molecular weight is 205 g/mol. The number of amides is 1. The zero-order chi connectivity index (χ0) is 10.3. The van der Waals surface area contributed by atoms with Crippen LogP contribution in [-0.4, -0.2) is 30.2 Å². The van der Waals surface area contributed by atoms with Crippen molar-refractivity contribution in [2.24, 2.45) is 0 Å². The van der Waals surface area contributed by atoms with E-state index in [0.717, 1.165) is 12.2 Å². The molecule has 13 heavy (non-hydrogen) atoms. The summed E-state index contributed by atoms with van der Waals surface area (Å²) in [5.74, 6) is 0.918. The topological polar surface area (TPSA) is 38.3 Å². The fraction of sp³-hybridized carbons (Fsp3) is 0.889. The number of carbonyl (C=O) groups is 1. The van der Waals surface area contributed by atoms with Gasteiger partial charge in [0.1, 0.15) is 5.60 Å². The van der Waals surface area contributed by atoms with Crippen LogP contribution < -0.4 is 5.32 Å². The van der Waals surface area contributed by atoms with E-state index in [-0.39, 0.29) is 11.7 Å². The highest BCUT2D eigenvalue weighted by Crippen LogP contribution is 2.13. The lowest BCUT2D eigenvalue weighted by Crippen LogP contribution is -2.35. The van der Waals surface area contributed by atoms with E-state index in [2.05, 4.69) is 5.32 Å². The Kier molecular flexibility index (Phi) is 5.95. The maximum absolute atomic E-state index is 11.1. The first-order valence-electron chi connectivity index (χ1n) is 4.47. The summed E-state index contributed by atoms with van der Waals surface area (Å²) >= 11 is 1.70. The maximum Gasteiger partial charge on any atom is 0.407 e. The predicted molar refractivity (Wildman–Crippen MR) is 57.2 cm³/mol. The van der Waals surface area contributed by atoms with Crippen LogP contribution in [0.5, 0.6) is 0 Å². The summed E-state index contributed by atoms with van der Waals surface area (Å²) in [6.07, 6.45) is 2.51. The molecule has 3 nitrogen and oxygen atoms in total. The summed E-state index contributed by atoms with van der Waals surface area (Å²) < 4.78 is 5.17. The summed E-state index contributed by atoms with van der Waals surface area (Å²) in [6.45, 7) is 6.47. The number of carbonyl (C=O) groups excluding carboxylic acids is 1. The molecule has 0 unspecified atom stereocenters. The van der Waals surface area contributed by atoms with Crippen molar-refractivity contribution in [3.8, 4) is 0 Å². The standard InChI is InChI=1S/C9H19NO2S/c1-5-9(2,3)12-8(11)10-6-7-13-4/h5-7H2,1-4H3,(H,10,11). The molecule has 0 aliphatic heterocycles. The lowest BCUT2D eigenvalue weighted by atomic mass is 10.1. The van der Waals surface area contributed by atoms with Crippen LogP contribution in [0.4, 0.5) is 4.79 Å². The molecule has 0 aromatic carbocycles. The van der Waals surface area contributed by atoms with Crippen molar-refractivity contribution in [1.29, 1.82) is 0 Å². The van der Waals surface area contributed by atoms with Gasteiger partial charge in [-0.05, 0) is 26.5 Å². The van der Waals surface area contributed by atoms with Gasteiger partial charge in [-0.15, -0.1) is 0 Å². The third kappa shape index (κ3) is 6.75. The van der Waals surface area contributed by atoms with Gasteiger partial charge in [-0.1, -0.05) is 6.92 Å². The van der Waals surface area contributed by atoms with Gasteiger partial charge in [0, 0.05) is 12.3 Å². The zero-order valence-electron chi connectivity index (χ0n) is 8.85. The van der Waals surface area contributed by atoms with Crippen LogP contribution in [0.15, 0.2) is 0 Å². The average Bonchev–Trinajstić information content (AvgIpc) is 2.04. The van der Waals surface area contributed by atoms with E-state index in [1.807, 2.05) is 27.0 Å². The van der Waals surface area contributed by atoms with Gasteiger partial charge in [0.2, 0.25) is 0 Å². The van der Waals surface area contributed by atoms with Gasteiger partial charge in [0.05, 0.1) is 0 Å². The number of nitrogens with one attached hydrogen (secondary N) is 1. The molecule has 1 N–H and O–H groups in total. The molecule has 0 heterocycles. The molecular formula is C9H19NO2S. The third-order valence-corrected chi connectivity index (χ3v) is 2.41. The SMILES string of the molecule is CCC(C)(C)OC(=O)NCCSC. The molecule has 1 amide bonds. The van der Waals surface area contributed by atoms with Crippen LogP contribution in [0.25, 0.3) is 0 Å². The Hall–Kier alpha value is -0.380. The number of thioether (sulfide) groups is 1. The first-order valence-corrected chi connectivity index (χ1v) is 5.87. The van der Waals surface area contributed by atoms with E-state index in [0.29, 0.717) is 6.54 Å². The minimum atomic E-state index is -0.358. The molecule has 0 aromatic rings. The van der Waals surface area contributed by atoms with Crippen molar-refractivity contribution in [3.05, 3.63) is 0 Å². The molecule has 0 bridgehead atoms. The van der Waals surface area contributed by atoms with E-state index >= 15 is 0 Å². The molecule has 0 fully saturated rings. The van der Waals surface area contributed by atoms with E-state index in [9.17, 15) is 4.79 Å². The molecule has 0 aliphatic rings. The summed E-state index contributed by atoms with van der Waals surface area (Å²) in [5.41, 5.74) is -0.358. The highest BCUT2D eigenvalue weighted by molar-refractivity contribution is 7.98.